The Labute approximate surface area is 249 Å². The average molecular weight is 705 g/mol. The van der Waals surface area contributed by atoms with Gasteiger partial charge >= 0.3 is 0 Å². The van der Waals surface area contributed by atoms with Crippen molar-refractivity contribution in [2.75, 3.05) is 0 Å². The van der Waals surface area contributed by atoms with Crippen molar-refractivity contribution in [1.29, 1.82) is 0 Å². The van der Waals surface area contributed by atoms with E-state index in [1.165, 1.54) is 21.9 Å². The molecule has 0 fully saturated rings. The molecule has 0 unspecified atom stereocenters. The van der Waals surface area contributed by atoms with Crippen molar-refractivity contribution in [2.24, 2.45) is 0 Å². The molecule has 2 nitrogen and oxygen atoms in total. The fraction of sp³-hybridized carbons (Fsp3) is 0.200. The molecule has 0 aliphatic heterocycles. The van der Waals surface area contributed by atoms with Crippen molar-refractivity contribution in [3.63, 3.8) is 0 Å². The van der Waals surface area contributed by atoms with Crippen molar-refractivity contribution in [2.45, 2.75) is 45.8 Å². The van der Waals surface area contributed by atoms with Gasteiger partial charge < -0.3 is 9.97 Å². The van der Waals surface area contributed by atoms with Crippen molar-refractivity contribution in [3.8, 4) is 22.5 Å². The fourth-order valence-electron chi connectivity index (χ4n) is 4.34. The third kappa shape index (κ3) is 8.66. The molecule has 0 saturated heterocycles. The van der Waals surface area contributed by atoms with E-state index in [0.29, 0.717) is 5.92 Å². The summed E-state index contributed by atoms with van der Waals surface area (Å²) in [5.74, 6) is 0.537. The topological polar surface area (TPSA) is 25.8 Å². The van der Waals surface area contributed by atoms with E-state index in [1.54, 1.807) is 0 Å². The molecule has 201 valence electrons. The van der Waals surface area contributed by atoms with Gasteiger partial charge in [-0.15, -0.1) is 71.8 Å². The van der Waals surface area contributed by atoms with Crippen LogP contribution >= 0.6 is 0 Å². The molecule has 0 aliphatic rings. The first-order valence-corrected chi connectivity index (χ1v) is 16.7. The summed E-state index contributed by atoms with van der Waals surface area (Å²) in [7, 11) is -1.43. The Bertz CT molecular complexity index is 1430. The number of aromatic nitrogens is 2. The molecule has 4 heteroatoms. The molecule has 0 N–H and O–H groups in total. The molecule has 2 aromatic heterocycles. The first-order valence-electron chi connectivity index (χ1n) is 13.2. The number of benzene rings is 3. The van der Waals surface area contributed by atoms with Crippen LogP contribution in [0.25, 0.3) is 22.5 Å². The second kappa shape index (κ2) is 14.3. The second-order valence-electron chi connectivity index (χ2n) is 10.8. The van der Waals surface area contributed by atoms with Crippen LogP contribution in [0.2, 0.25) is 19.6 Å². The molecule has 1 radical (unpaired) electrons. The van der Waals surface area contributed by atoms with E-state index < -0.39 is 8.07 Å². The number of rotatable bonds is 6. The normalized spacial score (nSPS) is 10.8. The Morgan fingerprint density at radius 3 is 1.85 bits per heavy atom. The Kier molecular flexibility index (Phi) is 11.1. The third-order valence-corrected chi connectivity index (χ3v) is 8.52. The summed E-state index contributed by atoms with van der Waals surface area (Å²) in [6.07, 6.45) is 4.93. The third-order valence-electron chi connectivity index (χ3n) is 6.46. The summed E-state index contributed by atoms with van der Waals surface area (Å²) >= 11 is 0. The van der Waals surface area contributed by atoms with Crippen LogP contribution < -0.4 is 5.19 Å². The van der Waals surface area contributed by atoms with E-state index in [1.807, 2.05) is 48.7 Å². The zero-order chi connectivity index (χ0) is 27.0. The van der Waals surface area contributed by atoms with Crippen molar-refractivity contribution in [1.82, 2.24) is 9.97 Å². The monoisotopic (exact) mass is 705 g/mol. The molecule has 0 spiro atoms. The number of hydrogen-bond donors (Lipinski definition) is 0. The second-order valence-corrected chi connectivity index (χ2v) is 15.9. The van der Waals surface area contributed by atoms with Gasteiger partial charge in [-0.3, -0.25) is 0 Å². The molecular weight excluding hydrogens is 669 g/mol. The van der Waals surface area contributed by atoms with E-state index in [9.17, 15) is 0 Å². The van der Waals surface area contributed by atoms with Gasteiger partial charge in [0.2, 0.25) is 0 Å². The molecule has 0 aliphatic carbocycles. The van der Waals surface area contributed by atoms with Gasteiger partial charge in [-0.1, -0.05) is 87.1 Å². The van der Waals surface area contributed by atoms with E-state index in [0.717, 1.165) is 28.9 Å². The quantitative estimate of drug-likeness (QED) is 0.131. The molecule has 3 aromatic carbocycles. The van der Waals surface area contributed by atoms with Gasteiger partial charge in [0, 0.05) is 32.5 Å². The van der Waals surface area contributed by atoms with Gasteiger partial charge in [-0.05, 0) is 40.5 Å². The number of hydrogen-bond acceptors (Lipinski definition) is 2. The maximum atomic E-state index is 4.72. The van der Waals surface area contributed by atoms with E-state index in [4.69, 9.17) is 4.98 Å². The molecule has 0 bridgehead atoms. The van der Waals surface area contributed by atoms with Crippen molar-refractivity contribution < 1.29 is 20.1 Å². The molecule has 39 heavy (non-hydrogen) atoms. The molecular formula is C35H36IrN2Si-2. The van der Waals surface area contributed by atoms with Crippen LogP contribution in [0.3, 0.4) is 0 Å². The number of pyridine rings is 2. The minimum atomic E-state index is -1.43. The molecule has 5 aromatic rings. The summed E-state index contributed by atoms with van der Waals surface area (Å²) in [5.41, 5.74) is 8.19. The van der Waals surface area contributed by atoms with Crippen LogP contribution in [0.4, 0.5) is 0 Å². The first-order chi connectivity index (χ1) is 18.3. The van der Waals surface area contributed by atoms with Crippen LogP contribution in [-0.2, 0) is 26.5 Å². The van der Waals surface area contributed by atoms with Crippen LogP contribution in [0.1, 0.15) is 36.5 Å². The maximum Gasteiger partial charge on any atom is 0.0799 e. The summed E-state index contributed by atoms with van der Waals surface area (Å²) in [4.78, 5) is 9.08. The van der Waals surface area contributed by atoms with Gasteiger partial charge in [0.1, 0.15) is 0 Å². The Balaban J connectivity index is 0.000000228. The zero-order valence-electron chi connectivity index (χ0n) is 23.4. The molecule has 0 saturated carbocycles. The largest absolute Gasteiger partial charge is 0.305 e. The van der Waals surface area contributed by atoms with Crippen molar-refractivity contribution in [3.05, 3.63) is 138 Å². The van der Waals surface area contributed by atoms with Crippen molar-refractivity contribution >= 4 is 13.3 Å². The zero-order valence-corrected chi connectivity index (χ0v) is 26.8. The Morgan fingerprint density at radius 2 is 1.31 bits per heavy atom. The van der Waals surface area contributed by atoms with Gasteiger partial charge in [0.05, 0.1) is 8.07 Å². The predicted octanol–water partition coefficient (Wildman–Crippen LogP) is 8.35. The Hall–Kier alpha value is -3.17. The molecule has 2 heterocycles. The summed E-state index contributed by atoms with van der Waals surface area (Å²) in [6, 6.07) is 39.6. The van der Waals surface area contributed by atoms with Crippen LogP contribution in [0.15, 0.2) is 109 Å². The van der Waals surface area contributed by atoms with Crippen LogP contribution in [-0.4, -0.2) is 18.0 Å². The predicted molar refractivity (Wildman–Crippen MR) is 163 cm³/mol. The maximum absolute atomic E-state index is 4.72. The van der Waals surface area contributed by atoms with E-state index >= 15 is 0 Å². The van der Waals surface area contributed by atoms with Crippen LogP contribution in [0.5, 0.6) is 0 Å². The summed E-state index contributed by atoms with van der Waals surface area (Å²) in [5, 5.41) is 1.45. The molecule has 5 rings (SSSR count). The van der Waals surface area contributed by atoms with E-state index in [-0.39, 0.29) is 20.1 Å². The van der Waals surface area contributed by atoms with Gasteiger partial charge in [0.15, 0.2) is 0 Å². The molecule has 0 atom stereocenters. The smallest absolute Gasteiger partial charge is 0.0799 e. The minimum absolute atomic E-state index is 0. The van der Waals surface area contributed by atoms with Gasteiger partial charge in [-0.2, -0.15) is 0 Å². The SMILES string of the molecule is CC(C)c1ccnc(-c2[c-]cccc2)c1.C[Si](C)(C)c1cnc(-c2[c-]cccc2)cc1Cc1ccccc1.[Ir]. The summed E-state index contributed by atoms with van der Waals surface area (Å²) in [6.45, 7) is 11.5. The number of nitrogens with zero attached hydrogens (tertiary/aromatic N) is 2. The Morgan fingerprint density at radius 1 is 0.718 bits per heavy atom. The standard InChI is InChI=1S/C21H22NSi.C14H14N.Ir/c1-23(2,3)21-16-22-20(18-12-8-5-9-13-18)15-19(21)14-17-10-6-4-7-11-17;1-11(2)13-8-9-15-14(10-13)12-6-4-3-5-7-12;/h4-12,15-16H,14H2,1-3H3;3-6,8-11H,1-2H3;/q2*-1;. The summed E-state index contributed by atoms with van der Waals surface area (Å²) < 4.78 is 0. The molecule has 0 amide bonds. The minimum Gasteiger partial charge on any atom is -0.305 e. The fourth-order valence-corrected chi connectivity index (χ4v) is 5.92. The van der Waals surface area contributed by atoms with E-state index in [2.05, 4.69) is 111 Å². The van der Waals surface area contributed by atoms with Gasteiger partial charge in [-0.25, -0.2) is 0 Å². The van der Waals surface area contributed by atoms with Gasteiger partial charge in [0.25, 0.3) is 0 Å². The van der Waals surface area contributed by atoms with Crippen LogP contribution in [0, 0.1) is 12.1 Å². The average Bonchev–Trinajstić information content (AvgIpc) is 2.94. The first kappa shape index (κ1) is 30.4.